The number of nitrogens with one attached hydrogen (secondary N) is 1. The molecule has 1 N–H and O–H groups in total. The van der Waals surface area contributed by atoms with Crippen LogP contribution in [-0.2, 0) is 5.41 Å². The van der Waals surface area contributed by atoms with Crippen molar-refractivity contribution in [2.24, 2.45) is 0 Å². The van der Waals surface area contributed by atoms with E-state index in [9.17, 15) is 0 Å². The fourth-order valence-corrected chi connectivity index (χ4v) is 2.10. The average Bonchev–Trinajstić information content (AvgIpc) is 2.35. The van der Waals surface area contributed by atoms with E-state index in [1.165, 1.54) is 10.5 Å². The normalized spacial score (nSPS) is 11.2. The number of benzene rings is 1. The standard InChI is InChI=1S/C14H20N2S/c1-14(2,11-16-10-4-9-15)12-5-7-13(17-3)8-6-12/h5-8,16H,4,10-11H2,1-3H3. The van der Waals surface area contributed by atoms with E-state index < -0.39 is 0 Å². The molecule has 0 bridgehead atoms. The van der Waals surface area contributed by atoms with Crippen LogP contribution in [0.1, 0.15) is 25.8 Å². The van der Waals surface area contributed by atoms with Crippen molar-refractivity contribution in [3.05, 3.63) is 29.8 Å². The van der Waals surface area contributed by atoms with Crippen LogP contribution in [0.3, 0.4) is 0 Å². The maximum absolute atomic E-state index is 8.48. The Balaban J connectivity index is 2.58. The smallest absolute Gasteiger partial charge is 0.0635 e. The van der Waals surface area contributed by atoms with Crippen molar-refractivity contribution in [3.8, 4) is 6.07 Å². The van der Waals surface area contributed by atoms with Crippen molar-refractivity contribution < 1.29 is 0 Å². The number of rotatable bonds is 6. The zero-order valence-corrected chi connectivity index (χ0v) is 11.6. The molecule has 0 saturated heterocycles. The largest absolute Gasteiger partial charge is 0.315 e. The summed E-state index contributed by atoms with van der Waals surface area (Å²) in [4.78, 5) is 1.29. The minimum absolute atomic E-state index is 0.104. The van der Waals surface area contributed by atoms with Gasteiger partial charge in [0.2, 0.25) is 0 Å². The first kappa shape index (κ1) is 14.1. The summed E-state index contributed by atoms with van der Waals surface area (Å²) in [6.07, 6.45) is 2.66. The van der Waals surface area contributed by atoms with E-state index in [2.05, 4.69) is 55.8 Å². The second-order valence-corrected chi connectivity index (χ2v) is 5.58. The SMILES string of the molecule is CSc1ccc(C(C)(C)CNCCC#N)cc1. The summed E-state index contributed by atoms with van der Waals surface area (Å²) in [7, 11) is 0. The highest BCUT2D eigenvalue weighted by molar-refractivity contribution is 7.98. The highest BCUT2D eigenvalue weighted by atomic mass is 32.2. The Morgan fingerprint density at radius 3 is 2.47 bits per heavy atom. The zero-order valence-electron chi connectivity index (χ0n) is 10.8. The quantitative estimate of drug-likeness (QED) is 0.620. The van der Waals surface area contributed by atoms with E-state index in [0.29, 0.717) is 6.42 Å². The summed E-state index contributed by atoms with van der Waals surface area (Å²) in [5.74, 6) is 0. The molecule has 0 saturated carbocycles. The number of hydrogen-bond acceptors (Lipinski definition) is 3. The lowest BCUT2D eigenvalue weighted by atomic mass is 9.84. The molecule has 92 valence electrons. The Bertz CT molecular complexity index is 376. The van der Waals surface area contributed by atoms with Crippen LogP contribution in [0, 0.1) is 11.3 Å². The Labute approximate surface area is 108 Å². The van der Waals surface area contributed by atoms with Crippen LogP contribution in [0.5, 0.6) is 0 Å². The van der Waals surface area contributed by atoms with Gasteiger partial charge >= 0.3 is 0 Å². The minimum Gasteiger partial charge on any atom is -0.315 e. The van der Waals surface area contributed by atoms with Crippen LogP contribution in [-0.4, -0.2) is 19.3 Å². The summed E-state index contributed by atoms with van der Waals surface area (Å²) in [6, 6.07) is 10.9. The Morgan fingerprint density at radius 2 is 1.94 bits per heavy atom. The summed E-state index contributed by atoms with van der Waals surface area (Å²) in [5.41, 5.74) is 1.44. The van der Waals surface area contributed by atoms with Gasteiger partial charge in [-0.15, -0.1) is 11.8 Å². The molecule has 0 aliphatic heterocycles. The van der Waals surface area contributed by atoms with Crippen molar-refractivity contribution >= 4 is 11.8 Å². The highest BCUT2D eigenvalue weighted by Crippen LogP contribution is 2.24. The van der Waals surface area contributed by atoms with E-state index in [1.807, 2.05) is 0 Å². The Morgan fingerprint density at radius 1 is 1.29 bits per heavy atom. The molecule has 3 heteroatoms. The average molecular weight is 248 g/mol. The van der Waals surface area contributed by atoms with Gasteiger partial charge in [0.25, 0.3) is 0 Å². The predicted molar refractivity (Wildman–Crippen MR) is 74.3 cm³/mol. The van der Waals surface area contributed by atoms with Crippen molar-refractivity contribution in [1.29, 1.82) is 5.26 Å². The second-order valence-electron chi connectivity index (χ2n) is 4.70. The molecule has 0 heterocycles. The molecule has 1 rings (SSSR count). The van der Waals surface area contributed by atoms with Gasteiger partial charge in [0.15, 0.2) is 0 Å². The molecule has 0 radical (unpaired) electrons. The summed E-state index contributed by atoms with van der Waals surface area (Å²) >= 11 is 1.76. The van der Waals surface area contributed by atoms with Crippen molar-refractivity contribution in [3.63, 3.8) is 0 Å². The van der Waals surface area contributed by atoms with Crippen LogP contribution in [0.2, 0.25) is 0 Å². The highest BCUT2D eigenvalue weighted by Gasteiger charge is 2.19. The van der Waals surface area contributed by atoms with Gasteiger partial charge in [0.05, 0.1) is 6.07 Å². The molecular weight excluding hydrogens is 228 g/mol. The van der Waals surface area contributed by atoms with E-state index in [1.54, 1.807) is 11.8 Å². The van der Waals surface area contributed by atoms with Gasteiger partial charge in [0, 0.05) is 29.8 Å². The first-order chi connectivity index (χ1) is 8.10. The number of nitriles is 1. The number of thioether (sulfide) groups is 1. The molecule has 0 fully saturated rings. The predicted octanol–water partition coefficient (Wildman–Crippen LogP) is 3.19. The topological polar surface area (TPSA) is 35.8 Å². The zero-order chi connectivity index (χ0) is 12.7. The van der Waals surface area contributed by atoms with E-state index in [4.69, 9.17) is 5.26 Å². The van der Waals surface area contributed by atoms with Gasteiger partial charge in [-0.1, -0.05) is 26.0 Å². The van der Waals surface area contributed by atoms with Crippen LogP contribution in [0.25, 0.3) is 0 Å². The molecule has 0 amide bonds. The fourth-order valence-electron chi connectivity index (χ4n) is 1.69. The third kappa shape index (κ3) is 4.41. The number of hydrogen-bond donors (Lipinski definition) is 1. The molecule has 2 nitrogen and oxygen atoms in total. The monoisotopic (exact) mass is 248 g/mol. The molecule has 0 atom stereocenters. The molecule has 0 unspecified atom stereocenters. The number of nitrogens with zero attached hydrogens (tertiary/aromatic N) is 1. The minimum atomic E-state index is 0.104. The Hall–Kier alpha value is -0.980. The molecule has 17 heavy (non-hydrogen) atoms. The maximum atomic E-state index is 8.48. The molecule has 0 spiro atoms. The molecular formula is C14H20N2S. The second kappa shape index (κ2) is 6.68. The van der Waals surface area contributed by atoms with Crippen LogP contribution >= 0.6 is 11.8 Å². The lowest BCUT2D eigenvalue weighted by molar-refractivity contribution is 0.473. The Kier molecular flexibility index (Phi) is 5.54. The van der Waals surface area contributed by atoms with Crippen molar-refractivity contribution in [2.45, 2.75) is 30.6 Å². The van der Waals surface area contributed by atoms with Gasteiger partial charge < -0.3 is 5.32 Å². The van der Waals surface area contributed by atoms with Gasteiger partial charge in [0.1, 0.15) is 0 Å². The van der Waals surface area contributed by atoms with Gasteiger partial charge in [-0.05, 0) is 24.0 Å². The van der Waals surface area contributed by atoms with Crippen LogP contribution in [0.4, 0.5) is 0 Å². The van der Waals surface area contributed by atoms with E-state index in [-0.39, 0.29) is 5.41 Å². The third-order valence-corrected chi connectivity index (χ3v) is 3.60. The van der Waals surface area contributed by atoms with Crippen molar-refractivity contribution in [1.82, 2.24) is 5.32 Å². The molecule has 0 aromatic heterocycles. The van der Waals surface area contributed by atoms with Crippen molar-refractivity contribution in [2.75, 3.05) is 19.3 Å². The summed E-state index contributed by atoms with van der Waals surface area (Å²) in [6.45, 7) is 6.11. The van der Waals surface area contributed by atoms with Gasteiger partial charge in [-0.25, -0.2) is 0 Å². The fraction of sp³-hybridized carbons (Fsp3) is 0.500. The molecule has 0 aliphatic carbocycles. The third-order valence-electron chi connectivity index (χ3n) is 2.85. The molecule has 1 aromatic rings. The van der Waals surface area contributed by atoms with Gasteiger partial charge in [-0.2, -0.15) is 5.26 Å². The van der Waals surface area contributed by atoms with Gasteiger partial charge in [-0.3, -0.25) is 0 Å². The summed E-state index contributed by atoms with van der Waals surface area (Å²) < 4.78 is 0. The first-order valence-electron chi connectivity index (χ1n) is 5.82. The lowest BCUT2D eigenvalue weighted by Gasteiger charge is -2.25. The first-order valence-corrected chi connectivity index (χ1v) is 7.05. The molecule has 0 aliphatic rings. The van der Waals surface area contributed by atoms with Crippen LogP contribution in [0.15, 0.2) is 29.2 Å². The summed E-state index contributed by atoms with van der Waals surface area (Å²) in [5, 5.41) is 11.8. The van der Waals surface area contributed by atoms with E-state index >= 15 is 0 Å². The van der Waals surface area contributed by atoms with Crippen LogP contribution < -0.4 is 5.32 Å². The van der Waals surface area contributed by atoms with E-state index in [0.717, 1.165) is 13.1 Å². The maximum Gasteiger partial charge on any atom is 0.0635 e. The molecule has 1 aromatic carbocycles. The lowest BCUT2D eigenvalue weighted by Crippen LogP contribution is -2.33.